The summed E-state index contributed by atoms with van der Waals surface area (Å²) in [5, 5.41) is 19.7. The Bertz CT molecular complexity index is 593. The van der Waals surface area contributed by atoms with E-state index in [0.717, 1.165) is 32.3 Å². The van der Waals surface area contributed by atoms with Crippen molar-refractivity contribution in [2.45, 2.75) is 12.7 Å². The highest BCUT2D eigenvalue weighted by Crippen LogP contribution is 2.45. The lowest BCUT2D eigenvalue weighted by atomic mass is 10.0. The first kappa shape index (κ1) is 11.0. The summed E-state index contributed by atoms with van der Waals surface area (Å²) in [4.78, 5) is 0. The minimum absolute atomic E-state index is 0.0627. The molecule has 0 fully saturated rings. The van der Waals surface area contributed by atoms with E-state index in [0.29, 0.717) is 0 Å². The molecule has 2 N–H and O–H groups in total. The number of benzene rings is 2. The maximum Gasteiger partial charge on any atom is 0.106 e. The van der Waals surface area contributed by atoms with Crippen LogP contribution < -0.4 is 0 Å². The minimum atomic E-state index is -0.628. The molecule has 2 aromatic carbocycles. The van der Waals surface area contributed by atoms with Gasteiger partial charge < -0.3 is 10.2 Å². The molecule has 0 saturated carbocycles. The second-order valence-corrected chi connectivity index (χ2v) is 5.09. The lowest BCUT2D eigenvalue weighted by molar-refractivity contribution is 0.217. The van der Waals surface area contributed by atoms with Gasteiger partial charge in [0.1, 0.15) is 6.10 Å². The van der Waals surface area contributed by atoms with Crippen LogP contribution in [0.4, 0.5) is 0 Å². The predicted octanol–water partition coefficient (Wildman–Crippen LogP) is 3.00. The second kappa shape index (κ2) is 3.95. The van der Waals surface area contributed by atoms with Crippen molar-refractivity contribution in [1.82, 2.24) is 0 Å². The van der Waals surface area contributed by atoms with Gasteiger partial charge in [-0.2, -0.15) is 0 Å². The molecule has 2 nitrogen and oxygen atoms in total. The monoisotopic (exact) mass is 290 g/mol. The Labute approximate surface area is 108 Å². The highest BCUT2D eigenvalue weighted by Gasteiger charge is 2.29. The molecule has 1 unspecified atom stereocenters. The highest BCUT2D eigenvalue weighted by atomic mass is 79.9. The van der Waals surface area contributed by atoms with Gasteiger partial charge in [0, 0.05) is 4.47 Å². The summed E-state index contributed by atoms with van der Waals surface area (Å²) in [5.74, 6) is 0. The van der Waals surface area contributed by atoms with Crippen molar-refractivity contribution in [2.75, 3.05) is 0 Å². The van der Waals surface area contributed by atoms with Gasteiger partial charge in [0.05, 0.1) is 6.61 Å². The zero-order valence-electron chi connectivity index (χ0n) is 9.02. The Morgan fingerprint density at radius 3 is 2.65 bits per heavy atom. The van der Waals surface area contributed by atoms with E-state index in [9.17, 15) is 10.2 Å². The van der Waals surface area contributed by atoms with Crippen molar-refractivity contribution in [2.24, 2.45) is 0 Å². The summed E-state index contributed by atoms with van der Waals surface area (Å²) in [6, 6.07) is 11.6. The molecule has 1 atom stereocenters. The highest BCUT2D eigenvalue weighted by molar-refractivity contribution is 9.10. The molecule has 0 radical (unpaired) electrons. The van der Waals surface area contributed by atoms with Gasteiger partial charge in [0.2, 0.25) is 0 Å². The van der Waals surface area contributed by atoms with E-state index in [4.69, 9.17) is 0 Å². The van der Waals surface area contributed by atoms with Crippen molar-refractivity contribution in [3.63, 3.8) is 0 Å². The van der Waals surface area contributed by atoms with Crippen LogP contribution in [0, 0.1) is 0 Å². The fraction of sp³-hybridized carbons (Fsp3) is 0.143. The van der Waals surface area contributed by atoms with Gasteiger partial charge in [-0.3, -0.25) is 0 Å². The molecule has 1 aliphatic carbocycles. The second-order valence-electron chi connectivity index (χ2n) is 4.17. The van der Waals surface area contributed by atoms with Crippen LogP contribution >= 0.6 is 15.9 Å². The molecule has 17 heavy (non-hydrogen) atoms. The van der Waals surface area contributed by atoms with Gasteiger partial charge in [0.25, 0.3) is 0 Å². The van der Waals surface area contributed by atoms with Crippen LogP contribution in [0.5, 0.6) is 0 Å². The van der Waals surface area contributed by atoms with Gasteiger partial charge in [-0.1, -0.05) is 40.2 Å². The molecule has 0 bridgehead atoms. The zero-order chi connectivity index (χ0) is 12.0. The van der Waals surface area contributed by atoms with E-state index in [1.54, 1.807) is 0 Å². The van der Waals surface area contributed by atoms with Crippen molar-refractivity contribution in [1.29, 1.82) is 0 Å². The third-order valence-corrected chi connectivity index (χ3v) is 3.68. The summed E-state index contributed by atoms with van der Waals surface area (Å²) in [6.07, 6.45) is -0.628. The molecule has 3 heteroatoms. The largest absolute Gasteiger partial charge is 0.392 e. The van der Waals surface area contributed by atoms with Crippen LogP contribution in [0.1, 0.15) is 22.8 Å². The Balaban J connectivity index is 2.34. The number of aliphatic hydroxyl groups is 2. The van der Waals surface area contributed by atoms with E-state index in [-0.39, 0.29) is 6.61 Å². The fourth-order valence-corrected chi connectivity index (χ4v) is 2.99. The van der Waals surface area contributed by atoms with Crippen LogP contribution in [0.25, 0.3) is 11.1 Å². The van der Waals surface area contributed by atoms with Crippen LogP contribution in [-0.4, -0.2) is 10.2 Å². The van der Waals surface area contributed by atoms with Crippen LogP contribution in [0.3, 0.4) is 0 Å². The number of halogens is 1. The molecule has 0 amide bonds. The number of hydrogen-bond acceptors (Lipinski definition) is 2. The summed E-state index contributed by atoms with van der Waals surface area (Å²) >= 11 is 3.44. The standard InChI is InChI=1S/C14H11BrO2/c15-9-5-8(7-16)13-12(6-9)10-3-1-2-4-11(10)14(13)17/h1-6,14,16-17H,7H2. The molecule has 0 aromatic heterocycles. The first-order chi connectivity index (χ1) is 8.22. The summed E-state index contributed by atoms with van der Waals surface area (Å²) in [7, 11) is 0. The van der Waals surface area contributed by atoms with Crippen LogP contribution in [0.15, 0.2) is 40.9 Å². The molecule has 0 spiro atoms. The van der Waals surface area contributed by atoms with Gasteiger partial charge in [0.15, 0.2) is 0 Å². The maximum atomic E-state index is 10.3. The van der Waals surface area contributed by atoms with E-state index < -0.39 is 6.10 Å². The van der Waals surface area contributed by atoms with Crippen molar-refractivity contribution < 1.29 is 10.2 Å². The zero-order valence-corrected chi connectivity index (χ0v) is 10.6. The predicted molar refractivity (Wildman–Crippen MR) is 69.6 cm³/mol. The third kappa shape index (κ3) is 1.54. The number of rotatable bonds is 1. The van der Waals surface area contributed by atoms with E-state index in [1.807, 2.05) is 36.4 Å². The fourth-order valence-electron chi connectivity index (χ4n) is 2.49. The normalized spacial score (nSPS) is 16.8. The topological polar surface area (TPSA) is 40.5 Å². The maximum absolute atomic E-state index is 10.3. The molecule has 0 heterocycles. The third-order valence-electron chi connectivity index (χ3n) is 3.22. The molecular weight excluding hydrogens is 280 g/mol. The molecule has 1 aliphatic rings. The first-order valence-corrected chi connectivity index (χ1v) is 6.22. The molecule has 86 valence electrons. The lowest BCUT2D eigenvalue weighted by Gasteiger charge is -2.10. The van der Waals surface area contributed by atoms with Gasteiger partial charge >= 0.3 is 0 Å². The molecular formula is C14H11BrO2. The molecule has 2 aromatic rings. The van der Waals surface area contributed by atoms with E-state index in [2.05, 4.69) is 15.9 Å². The Hall–Kier alpha value is -1.16. The Kier molecular flexibility index (Phi) is 2.54. The quantitative estimate of drug-likeness (QED) is 0.848. The SMILES string of the molecule is OCc1cc(Br)cc2c1C(O)c1ccccc1-2. The average molecular weight is 291 g/mol. The minimum Gasteiger partial charge on any atom is -0.392 e. The number of fused-ring (bicyclic) bond motifs is 3. The van der Waals surface area contributed by atoms with Crippen molar-refractivity contribution >= 4 is 15.9 Å². The summed E-state index contributed by atoms with van der Waals surface area (Å²) in [6.45, 7) is -0.0627. The van der Waals surface area contributed by atoms with E-state index >= 15 is 0 Å². The molecule has 0 aliphatic heterocycles. The molecule has 3 rings (SSSR count). The summed E-state index contributed by atoms with van der Waals surface area (Å²) in [5.41, 5.74) is 4.57. The number of hydrogen-bond donors (Lipinski definition) is 2. The van der Waals surface area contributed by atoms with Crippen LogP contribution in [-0.2, 0) is 6.61 Å². The Morgan fingerprint density at radius 2 is 1.88 bits per heavy atom. The summed E-state index contributed by atoms with van der Waals surface area (Å²) < 4.78 is 0.921. The van der Waals surface area contributed by atoms with Gasteiger partial charge in [-0.15, -0.1) is 0 Å². The first-order valence-electron chi connectivity index (χ1n) is 5.43. The van der Waals surface area contributed by atoms with Crippen molar-refractivity contribution in [3.05, 3.63) is 57.6 Å². The van der Waals surface area contributed by atoms with Crippen LogP contribution in [0.2, 0.25) is 0 Å². The smallest absolute Gasteiger partial charge is 0.106 e. The van der Waals surface area contributed by atoms with Crippen molar-refractivity contribution in [3.8, 4) is 11.1 Å². The molecule has 0 saturated heterocycles. The number of aliphatic hydroxyl groups excluding tert-OH is 2. The van der Waals surface area contributed by atoms with Gasteiger partial charge in [-0.25, -0.2) is 0 Å². The lowest BCUT2D eigenvalue weighted by Crippen LogP contribution is -1.99. The average Bonchev–Trinajstić information content (AvgIpc) is 2.63. The van der Waals surface area contributed by atoms with E-state index in [1.165, 1.54) is 0 Å². The van der Waals surface area contributed by atoms with Gasteiger partial charge in [-0.05, 0) is 39.9 Å². The Morgan fingerprint density at radius 1 is 1.12 bits per heavy atom.